The summed E-state index contributed by atoms with van der Waals surface area (Å²) in [6.45, 7) is 12.2. The number of anilines is 2. The highest BCUT2D eigenvalue weighted by Crippen LogP contribution is 2.33. The van der Waals surface area contributed by atoms with Gasteiger partial charge in [0, 0.05) is 57.1 Å². The Bertz CT molecular complexity index is 1470. The van der Waals surface area contributed by atoms with Crippen LogP contribution in [-0.4, -0.2) is 59.2 Å². The van der Waals surface area contributed by atoms with Gasteiger partial charge < -0.3 is 10.2 Å². The van der Waals surface area contributed by atoms with Gasteiger partial charge in [-0.15, -0.1) is 0 Å². The second-order valence-electron chi connectivity index (χ2n) is 11.9. The molecule has 0 spiro atoms. The summed E-state index contributed by atoms with van der Waals surface area (Å²) in [7, 11) is 2.60. The van der Waals surface area contributed by atoms with Crippen molar-refractivity contribution >= 4 is 22.3 Å². The third kappa shape index (κ3) is 7.38. The second-order valence-corrected chi connectivity index (χ2v) is 13.3. The van der Waals surface area contributed by atoms with E-state index in [0.29, 0.717) is 11.6 Å². The fourth-order valence-corrected chi connectivity index (χ4v) is 6.98. The van der Waals surface area contributed by atoms with Crippen LogP contribution < -0.4 is 15.8 Å². The zero-order valence-corrected chi connectivity index (χ0v) is 26.6. The number of rotatable bonds is 6. The zero-order valence-electron chi connectivity index (χ0n) is 25.7. The van der Waals surface area contributed by atoms with Crippen LogP contribution in [0.25, 0.3) is 4.85 Å². The van der Waals surface area contributed by atoms with E-state index in [9.17, 15) is 9.00 Å². The lowest BCUT2D eigenvalue weighted by Gasteiger charge is -2.38. The van der Waals surface area contributed by atoms with Crippen LogP contribution >= 0.6 is 0 Å². The molecule has 2 aromatic rings. The van der Waals surface area contributed by atoms with E-state index in [4.69, 9.17) is 0 Å². The summed E-state index contributed by atoms with van der Waals surface area (Å²) in [5, 5.41) is 3.58. The molecular formula is C33H46N5O2S+. The number of nitrogens with zero attached hydrogens (tertiary/aromatic N) is 4. The van der Waals surface area contributed by atoms with E-state index < -0.39 is 10.8 Å². The number of nitrogens with one attached hydrogen (secondary N) is 1. The maximum Gasteiger partial charge on any atom is 0.280 e. The largest absolute Gasteiger partial charge is 0.378 e. The fraction of sp³-hybridized carbons (Fsp3) is 0.515. The molecule has 2 unspecified atom stereocenters. The molecule has 0 bridgehead atoms. The van der Waals surface area contributed by atoms with Gasteiger partial charge in [0.1, 0.15) is 11.2 Å². The number of aromatic nitrogens is 1. The predicted octanol–water partition coefficient (Wildman–Crippen LogP) is 5.68. The normalized spacial score (nSPS) is 21.0. The van der Waals surface area contributed by atoms with Gasteiger partial charge in [-0.25, -0.2) is 0 Å². The van der Waals surface area contributed by atoms with Gasteiger partial charge in [-0.3, -0.25) is 18.5 Å². The van der Waals surface area contributed by atoms with E-state index in [1.165, 1.54) is 0 Å². The molecule has 1 aromatic carbocycles. The van der Waals surface area contributed by atoms with Gasteiger partial charge >= 0.3 is 0 Å². The molecule has 220 valence electrons. The molecule has 7 nitrogen and oxygen atoms in total. The summed E-state index contributed by atoms with van der Waals surface area (Å²) in [4.78, 5) is 23.4. The molecule has 4 rings (SSSR count). The van der Waals surface area contributed by atoms with Crippen LogP contribution in [0.2, 0.25) is 0 Å². The first-order valence-electron chi connectivity index (χ1n) is 14.6. The lowest BCUT2D eigenvalue weighted by Crippen LogP contribution is -2.45. The number of likely N-dealkylation sites (tertiary alicyclic amines) is 1. The van der Waals surface area contributed by atoms with Crippen LogP contribution in [0, 0.1) is 25.3 Å². The molecule has 2 aliphatic rings. The van der Waals surface area contributed by atoms with Crippen molar-refractivity contribution < 1.29 is 4.21 Å². The highest BCUT2D eigenvalue weighted by molar-refractivity contribution is 7.84. The minimum Gasteiger partial charge on any atom is -0.378 e. The van der Waals surface area contributed by atoms with Crippen molar-refractivity contribution in [2.45, 2.75) is 63.9 Å². The van der Waals surface area contributed by atoms with E-state index in [1.54, 1.807) is 10.8 Å². The Morgan fingerprint density at radius 1 is 1.10 bits per heavy atom. The first-order valence-corrected chi connectivity index (χ1v) is 16.2. The molecule has 0 saturated carbocycles. The first-order chi connectivity index (χ1) is 19.5. The maximum absolute atomic E-state index is 13.4. The summed E-state index contributed by atoms with van der Waals surface area (Å²) < 4.78 is 14.1. The summed E-state index contributed by atoms with van der Waals surface area (Å²) >= 11 is 0. The quantitative estimate of drug-likeness (QED) is 0.480. The third-order valence-electron chi connectivity index (χ3n) is 8.51. The first kappa shape index (κ1) is 30.8. The number of piperidine rings is 1. The smallest absolute Gasteiger partial charge is 0.280 e. The van der Waals surface area contributed by atoms with Crippen molar-refractivity contribution in [3.05, 3.63) is 80.4 Å². The highest BCUT2D eigenvalue weighted by Gasteiger charge is 2.40. The van der Waals surface area contributed by atoms with E-state index in [2.05, 4.69) is 58.1 Å². The van der Waals surface area contributed by atoms with Crippen molar-refractivity contribution in [1.29, 1.82) is 0 Å². The average molecular weight is 577 g/mol. The number of benzene rings is 1. The van der Waals surface area contributed by atoms with E-state index in [-0.39, 0.29) is 17.0 Å². The molecule has 1 aromatic heterocycles. The summed E-state index contributed by atoms with van der Waals surface area (Å²) in [5.74, 6) is 0.923. The van der Waals surface area contributed by atoms with Crippen molar-refractivity contribution in [1.82, 2.24) is 9.47 Å². The highest BCUT2D eigenvalue weighted by atomic mass is 32.2. The van der Waals surface area contributed by atoms with Gasteiger partial charge in [-0.2, -0.15) is 0 Å². The van der Waals surface area contributed by atoms with Crippen LogP contribution in [0.5, 0.6) is 0 Å². The molecular weight excluding hydrogens is 530 g/mol. The molecule has 3 heterocycles. The summed E-state index contributed by atoms with van der Waals surface area (Å²) in [6.07, 6.45) is 4.93. The Morgan fingerprint density at radius 2 is 1.80 bits per heavy atom. The summed E-state index contributed by atoms with van der Waals surface area (Å²) in [5.41, 5.74) is 3.74. The monoisotopic (exact) mass is 576 g/mol. The van der Waals surface area contributed by atoms with Crippen LogP contribution in [0.15, 0.2) is 58.2 Å². The number of hydrogen-bond acceptors (Lipinski definition) is 5. The van der Waals surface area contributed by atoms with Gasteiger partial charge in [0.25, 0.3) is 18.7 Å². The van der Waals surface area contributed by atoms with Gasteiger partial charge in [-0.05, 0) is 70.7 Å². The van der Waals surface area contributed by atoms with Gasteiger partial charge in [-0.1, -0.05) is 40.7 Å². The lowest BCUT2D eigenvalue weighted by atomic mass is 9.92. The van der Waals surface area contributed by atoms with Crippen molar-refractivity contribution in [2.75, 3.05) is 49.7 Å². The van der Waals surface area contributed by atoms with Gasteiger partial charge in [0.2, 0.25) is 0 Å². The molecule has 2 fully saturated rings. The van der Waals surface area contributed by atoms with Crippen molar-refractivity contribution in [2.24, 2.45) is 12.5 Å². The standard InChI is InChI=1S/C33H46N5O2S/c1-24-20-25(2)32(39)36(6)31(37-17-14-28(15-18-37)38-19-16-33(4,23-38)22-34-5)13-12-27(21-24)26(3)35-29-10-8-9-11-30(29)41(7)40/h8-13,20-21,26,28,35H,14-19,23H2,1-7H3/q+1/t26-,33?,41?/m1/s1. The van der Waals surface area contributed by atoms with Gasteiger partial charge in [0.05, 0.1) is 21.4 Å². The molecule has 8 heteroatoms. The SMILES string of the molecule is C[N+]#CC1(C)CCN(C2CCN(c3ccc([C@@H](C)Nc4ccccc4S(C)=O)cc(C)cc(C)c(=O)n3C)CC2)C1. The lowest BCUT2D eigenvalue weighted by molar-refractivity contribution is 0.195. The molecule has 2 aliphatic heterocycles. The topological polar surface area (TPSA) is 61.9 Å². The van der Waals surface area contributed by atoms with Crippen molar-refractivity contribution in [3.63, 3.8) is 0 Å². The van der Waals surface area contributed by atoms with Crippen LogP contribution in [-0.2, 0) is 17.8 Å². The molecule has 1 N–H and O–H groups in total. The molecule has 0 amide bonds. The minimum atomic E-state index is -1.09. The van der Waals surface area contributed by atoms with Crippen molar-refractivity contribution in [3.8, 4) is 6.07 Å². The molecule has 41 heavy (non-hydrogen) atoms. The Kier molecular flexibility index (Phi) is 9.93. The van der Waals surface area contributed by atoms with Crippen LogP contribution in [0.1, 0.15) is 55.8 Å². The van der Waals surface area contributed by atoms with Gasteiger partial charge in [0.15, 0.2) is 0 Å². The van der Waals surface area contributed by atoms with Crippen LogP contribution in [0.3, 0.4) is 0 Å². The molecule has 3 atom stereocenters. The van der Waals surface area contributed by atoms with E-state index >= 15 is 0 Å². The number of hydrogen-bond donors (Lipinski definition) is 1. The second kappa shape index (κ2) is 13.2. The van der Waals surface area contributed by atoms with Crippen LogP contribution in [0.4, 0.5) is 11.5 Å². The maximum atomic E-state index is 13.4. The van der Waals surface area contributed by atoms with E-state index in [1.807, 2.05) is 58.3 Å². The zero-order chi connectivity index (χ0) is 29.7. The minimum absolute atomic E-state index is 0.0122. The summed E-state index contributed by atoms with van der Waals surface area (Å²) in [6, 6.07) is 19.9. The van der Waals surface area contributed by atoms with E-state index in [0.717, 1.165) is 73.0 Å². The predicted molar refractivity (Wildman–Crippen MR) is 172 cm³/mol. The Hall–Kier alpha value is -3.15. The number of para-hydroxylation sites is 1. The molecule has 2 saturated heterocycles. The Labute approximate surface area is 248 Å². The molecule has 0 radical (unpaired) electrons. The third-order valence-corrected chi connectivity index (χ3v) is 9.48. The average Bonchev–Trinajstić information content (AvgIpc) is 3.33. The Morgan fingerprint density at radius 3 is 2.49 bits per heavy atom. The fourth-order valence-electron chi connectivity index (χ4n) is 6.28. The molecule has 0 aliphatic carbocycles. The Balaban J connectivity index is 1.64. The number of aryl methyl sites for hydroxylation is 2.